The van der Waals surface area contributed by atoms with Crippen molar-refractivity contribution < 1.29 is 9.18 Å². The molecule has 2 aromatic rings. The Bertz CT molecular complexity index is 690. The van der Waals surface area contributed by atoms with Gasteiger partial charge in [-0.05, 0) is 37.6 Å². The van der Waals surface area contributed by atoms with E-state index in [2.05, 4.69) is 5.32 Å². The first-order valence-electron chi connectivity index (χ1n) is 6.44. The SMILES string of the molecule is Cc1ccccc1NC(C)(C(N)=O)c1ccc(F)cc1Cl. The number of anilines is 1. The molecule has 1 unspecified atom stereocenters. The lowest BCUT2D eigenvalue weighted by Crippen LogP contribution is -2.45. The van der Waals surface area contributed by atoms with Gasteiger partial charge in [0.15, 0.2) is 0 Å². The standard InChI is InChI=1S/C16H16ClFN2O/c1-10-5-3-4-6-14(10)20-16(2,15(19)21)12-8-7-11(18)9-13(12)17/h3-9,20H,1-2H3,(H2,19,21). The van der Waals surface area contributed by atoms with Gasteiger partial charge in [0.1, 0.15) is 11.4 Å². The number of amides is 1. The second-order valence-corrected chi connectivity index (χ2v) is 5.46. The molecule has 1 amide bonds. The van der Waals surface area contributed by atoms with Crippen molar-refractivity contribution in [2.75, 3.05) is 5.32 Å². The van der Waals surface area contributed by atoms with E-state index >= 15 is 0 Å². The summed E-state index contributed by atoms with van der Waals surface area (Å²) in [5.41, 5.74) is 6.47. The zero-order valence-corrected chi connectivity index (χ0v) is 12.5. The van der Waals surface area contributed by atoms with Crippen molar-refractivity contribution in [3.05, 3.63) is 64.4 Å². The molecule has 3 N–H and O–H groups in total. The van der Waals surface area contributed by atoms with Crippen LogP contribution >= 0.6 is 11.6 Å². The van der Waals surface area contributed by atoms with Crippen LogP contribution < -0.4 is 11.1 Å². The second-order valence-electron chi connectivity index (χ2n) is 5.05. The zero-order valence-electron chi connectivity index (χ0n) is 11.8. The summed E-state index contributed by atoms with van der Waals surface area (Å²) in [5, 5.41) is 3.27. The number of benzene rings is 2. The average molecular weight is 307 g/mol. The monoisotopic (exact) mass is 306 g/mol. The fraction of sp³-hybridized carbons (Fsp3) is 0.188. The number of primary amides is 1. The summed E-state index contributed by atoms with van der Waals surface area (Å²) >= 11 is 6.08. The van der Waals surface area contributed by atoms with Crippen LogP contribution in [-0.2, 0) is 10.3 Å². The van der Waals surface area contributed by atoms with E-state index < -0.39 is 17.3 Å². The maximum Gasteiger partial charge on any atom is 0.247 e. The maximum absolute atomic E-state index is 13.2. The van der Waals surface area contributed by atoms with Crippen LogP contribution in [0.4, 0.5) is 10.1 Å². The summed E-state index contributed by atoms with van der Waals surface area (Å²) < 4.78 is 13.2. The van der Waals surface area contributed by atoms with Gasteiger partial charge < -0.3 is 11.1 Å². The maximum atomic E-state index is 13.2. The number of carbonyl (C=O) groups excluding carboxylic acids is 1. The van der Waals surface area contributed by atoms with Crippen LogP contribution in [-0.4, -0.2) is 5.91 Å². The Kier molecular flexibility index (Phi) is 4.19. The molecule has 2 aromatic carbocycles. The molecule has 0 heterocycles. The molecule has 0 bridgehead atoms. The van der Waals surface area contributed by atoms with Crippen molar-refractivity contribution in [1.29, 1.82) is 0 Å². The third-order valence-corrected chi connectivity index (χ3v) is 3.81. The number of hydrogen-bond donors (Lipinski definition) is 2. The Morgan fingerprint density at radius 1 is 1.29 bits per heavy atom. The molecule has 5 heteroatoms. The number of aryl methyl sites for hydroxylation is 1. The molecule has 110 valence electrons. The van der Waals surface area contributed by atoms with Crippen molar-refractivity contribution in [2.45, 2.75) is 19.4 Å². The minimum Gasteiger partial charge on any atom is -0.368 e. The van der Waals surface area contributed by atoms with E-state index in [0.29, 0.717) is 5.56 Å². The molecule has 21 heavy (non-hydrogen) atoms. The molecule has 0 aromatic heterocycles. The third kappa shape index (κ3) is 3.00. The number of nitrogens with two attached hydrogens (primary N) is 1. The Morgan fingerprint density at radius 3 is 2.52 bits per heavy atom. The molecule has 0 aliphatic rings. The predicted octanol–water partition coefficient (Wildman–Crippen LogP) is 3.60. The number of halogens is 2. The molecule has 0 saturated heterocycles. The number of carbonyl (C=O) groups is 1. The lowest BCUT2D eigenvalue weighted by atomic mass is 9.90. The summed E-state index contributed by atoms with van der Waals surface area (Å²) in [6.07, 6.45) is 0. The molecule has 1 atom stereocenters. The highest BCUT2D eigenvalue weighted by Crippen LogP contribution is 2.32. The van der Waals surface area contributed by atoms with E-state index in [4.69, 9.17) is 17.3 Å². The predicted molar refractivity (Wildman–Crippen MR) is 82.8 cm³/mol. The average Bonchev–Trinajstić information content (AvgIpc) is 2.41. The van der Waals surface area contributed by atoms with E-state index in [-0.39, 0.29) is 5.02 Å². The van der Waals surface area contributed by atoms with Gasteiger partial charge in [-0.1, -0.05) is 35.9 Å². The second kappa shape index (κ2) is 5.74. The van der Waals surface area contributed by atoms with Gasteiger partial charge in [-0.25, -0.2) is 4.39 Å². The molecule has 2 rings (SSSR count). The fourth-order valence-corrected chi connectivity index (χ4v) is 2.50. The normalized spacial score (nSPS) is 13.5. The molecule has 0 saturated carbocycles. The molecule has 3 nitrogen and oxygen atoms in total. The van der Waals surface area contributed by atoms with Gasteiger partial charge in [0.25, 0.3) is 0 Å². The van der Waals surface area contributed by atoms with Gasteiger partial charge in [0.05, 0.1) is 0 Å². The lowest BCUT2D eigenvalue weighted by molar-refractivity contribution is -0.122. The van der Waals surface area contributed by atoms with Crippen LogP contribution in [0.15, 0.2) is 42.5 Å². The van der Waals surface area contributed by atoms with Crippen molar-refractivity contribution in [1.82, 2.24) is 0 Å². The van der Waals surface area contributed by atoms with Crippen LogP contribution in [0.1, 0.15) is 18.1 Å². The first-order valence-corrected chi connectivity index (χ1v) is 6.81. The van der Waals surface area contributed by atoms with Crippen LogP contribution in [0.2, 0.25) is 5.02 Å². The fourth-order valence-electron chi connectivity index (χ4n) is 2.14. The minimum atomic E-state index is -1.24. The largest absolute Gasteiger partial charge is 0.368 e. The van der Waals surface area contributed by atoms with Crippen LogP contribution in [0.25, 0.3) is 0 Å². The minimum absolute atomic E-state index is 0.150. The van der Waals surface area contributed by atoms with Crippen molar-refractivity contribution in [3.8, 4) is 0 Å². The third-order valence-electron chi connectivity index (χ3n) is 3.49. The molecule has 0 fully saturated rings. The van der Waals surface area contributed by atoms with Crippen LogP contribution in [0.3, 0.4) is 0 Å². The topological polar surface area (TPSA) is 55.1 Å². The van der Waals surface area contributed by atoms with Crippen LogP contribution in [0, 0.1) is 12.7 Å². The van der Waals surface area contributed by atoms with E-state index in [0.717, 1.165) is 17.3 Å². The van der Waals surface area contributed by atoms with E-state index in [1.54, 1.807) is 6.92 Å². The smallest absolute Gasteiger partial charge is 0.247 e. The number of nitrogens with one attached hydrogen (secondary N) is 1. The van der Waals surface area contributed by atoms with Gasteiger partial charge in [-0.3, -0.25) is 4.79 Å². The lowest BCUT2D eigenvalue weighted by Gasteiger charge is -2.30. The number of para-hydroxylation sites is 1. The van der Waals surface area contributed by atoms with Gasteiger partial charge in [-0.2, -0.15) is 0 Å². The molecular weight excluding hydrogens is 291 g/mol. The van der Waals surface area contributed by atoms with Crippen LogP contribution in [0.5, 0.6) is 0 Å². The highest BCUT2D eigenvalue weighted by Gasteiger charge is 2.35. The van der Waals surface area contributed by atoms with Gasteiger partial charge in [0.2, 0.25) is 5.91 Å². The molecule has 0 spiro atoms. The summed E-state index contributed by atoms with van der Waals surface area (Å²) in [4.78, 5) is 12.0. The Morgan fingerprint density at radius 2 is 1.95 bits per heavy atom. The van der Waals surface area contributed by atoms with E-state index in [9.17, 15) is 9.18 Å². The van der Waals surface area contributed by atoms with Gasteiger partial charge in [0, 0.05) is 16.3 Å². The molecule has 0 aliphatic carbocycles. The van der Waals surface area contributed by atoms with Crippen molar-refractivity contribution >= 4 is 23.2 Å². The first kappa shape index (κ1) is 15.3. The number of hydrogen-bond acceptors (Lipinski definition) is 2. The Hall–Kier alpha value is -2.07. The van der Waals surface area contributed by atoms with Crippen molar-refractivity contribution in [2.24, 2.45) is 5.73 Å². The summed E-state index contributed by atoms with van der Waals surface area (Å²) in [7, 11) is 0. The van der Waals surface area contributed by atoms with Crippen molar-refractivity contribution in [3.63, 3.8) is 0 Å². The van der Waals surface area contributed by atoms with E-state index in [1.807, 2.05) is 31.2 Å². The molecule has 0 aliphatic heterocycles. The highest BCUT2D eigenvalue weighted by molar-refractivity contribution is 6.31. The molecule has 0 radical (unpaired) electrons. The highest BCUT2D eigenvalue weighted by atomic mass is 35.5. The first-order chi connectivity index (χ1) is 9.84. The Balaban J connectivity index is 2.51. The zero-order chi connectivity index (χ0) is 15.6. The van der Waals surface area contributed by atoms with E-state index in [1.165, 1.54) is 12.1 Å². The number of rotatable bonds is 4. The summed E-state index contributed by atoms with van der Waals surface area (Å²) in [5.74, 6) is -1.06. The van der Waals surface area contributed by atoms with Gasteiger partial charge >= 0.3 is 0 Å². The summed E-state index contributed by atoms with van der Waals surface area (Å²) in [6, 6.07) is 11.4. The quantitative estimate of drug-likeness (QED) is 0.907. The molecular formula is C16H16ClFN2O. The Labute approximate surface area is 127 Å². The van der Waals surface area contributed by atoms with Gasteiger partial charge in [-0.15, -0.1) is 0 Å². The summed E-state index contributed by atoms with van der Waals surface area (Å²) in [6.45, 7) is 3.54.